The molecule has 1 rings (SSSR count). The highest BCUT2D eigenvalue weighted by atomic mass is 127. The molecule has 2 N–H and O–H groups in total. The molecule has 2 nitrogen and oxygen atoms in total. The standard InChI is InChI=1S/C9H8FIN2/c10-8-3-1-7(2-4-8)9(5-12)13-6-11/h1-6H,12H2/b9-5-,13-6-. The van der Waals surface area contributed by atoms with Gasteiger partial charge in [0.05, 0.1) is 9.92 Å². The van der Waals surface area contributed by atoms with Crippen LogP contribution in [0.1, 0.15) is 5.56 Å². The summed E-state index contributed by atoms with van der Waals surface area (Å²) in [5.74, 6) is -0.265. The summed E-state index contributed by atoms with van der Waals surface area (Å²) in [4.78, 5) is 4.02. The predicted octanol–water partition coefficient (Wildman–Crippen LogP) is 2.55. The summed E-state index contributed by atoms with van der Waals surface area (Å²) in [7, 11) is 0. The molecule has 1 aromatic carbocycles. The van der Waals surface area contributed by atoms with Crippen LogP contribution in [0.4, 0.5) is 4.39 Å². The number of hydrogen-bond donors (Lipinski definition) is 1. The van der Waals surface area contributed by atoms with Crippen molar-refractivity contribution in [1.29, 1.82) is 0 Å². The van der Waals surface area contributed by atoms with E-state index in [0.29, 0.717) is 5.70 Å². The molecule has 0 amide bonds. The number of rotatable bonds is 2. The van der Waals surface area contributed by atoms with Crippen molar-refractivity contribution < 1.29 is 4.39 Å². The number of hydrogen-bond acceptors (Lipinski definition) is 2. The first-order valence-corrected chi connectivity index (χ1v) is 4.83. The Labute approximate surface area is 89.5 Å². The van der Waals surface area contributed by atoms with Gasteiger partial charge in [0.25, 0.3) is 0 Å². The predicted molar refractivity (Wildman–Crippen MR) is 61.1 cm³/mol. The maximum Gasteiger partial charge on any atom is 0.123 e. The molecule has 0 heterocycles. The molecule has 0 bridgehead atoms. The Kier molecular flexibility index (Phi) is 3.88. The Balaban J connectivity index is 3.00. The second-order valence-corrected chi connectivity index (χ2v) is 2.84. The van der Waals surface area contributed by atoms with Gasteiger partial charge >= 0.3 is 0 Å². The zero-order chi connectivity index (χ0) is 9.68. The average Bonchev–Trinajstić information content (AvgIpc) is 2.16. The van der Waals surface area contributed by atoms with Gasteiger partial charge in [0.2, 0.25) is 0 Å². The molecular formula is C9H8FIN2. The van der Waals surface area contributed by atoms with Crippen LogP contribution in [0.5, 0.6) is 0 Å². The van der Waals surface area contributed by atoms with Crippen LogP contribution in [0, 0.1) is 5.82 Å². The fourth-order valence-electron chi connectivity index (χ4n) is 0.887. The van der Waals surface area contributed by atoms with Crippen molar-refractivity contribution in [2.45, 2.75) is 0 Å². The van der Waals surface area contributed by atoms with E-state index in [9.17, 15) is 4.39 Å². The van der Waals surface area contributed by atoms with E-state index in [2.05, 4.69) is 4.99 Å². The largest absolute Gasteiger partial charge is 0.403 e. The number of nitrogens with zero attached hydrogens (tertiary/aromatic N) is 1. The van der Waals surface area contributed by atoms with Gasteiger partial charge in [0.15, 0.2) is 0 Å². The van der Waals surface area contributed by atoms with E-state index in [-0.39, 0.29) is 5.82 Å². The van der Waals surface area contributed by atoms with Gasteiger partial charge < -0.3 is 5.73 Å². The van der Waals surface area contributed by atoms with Crippen LogP contribution >= 0.6 is 22.6 Å². The number of halogens is 2. The highest BCUT2D eigenvalue weighted by Gasteiger charge is 1.97. The lowest BCUT2D eigenvalue weighted by Gasteiger charge is -1.99. The van der Waals surface area contributed by atoms with Crippen LogP contribution in [0.2, 0.25) is 0 Å². The van der Waals surface area contributed by atoms with E-state index in [4.69, 9.17) is 5.73 Å². The summed E-state index contributed by atoms with van der Waals surface area (Å²) in [5.41, 5.74) is 6.79. The molecule has 0 unspecified atom stereocenters. The van der Waals surface area contributed by atoms with Crippen LogP contribution < -0.4 is 5.73 Å². The topological polar surface area (TPSA) is 38.4 Å². The molecule has 0 aliphatic carbocycles. The van der Waals surface area contributed by atoms with Gasteiger partial charge in [-0.05, 0) is 46.9 Å². The Morgan fingerprint density at radius 2 is 2.00 bits per heavy atom. The quantitative estimate of drug-likeness (QED) is 0.659. The normalized spacial score (nSPS) is 12.3. The van der Waals surface area contributed by atoms with Crippen molar-refractivity contribution in [2.24, 2.45) is 10.7 Å². The molecule has 68 valence electrons. The first-order valence-electron chi connectivity index (χ1n) is 3.58. The Bertz CT molecular complexity index is 330. The van der Waals surface area contributed by atoms with Crippen molar-refractivity contribution in [3.63, 3.8) is 0 Å². The summed E-state index contributed by atoms with van der Waals surface area (Å²) < 4.78 is 14.2. The van der Waals surface area contributed by atoms with Gasteiger partial charge in [0.1, 0.15) is 5.82 Å². The molecule has 13 heavy (non-hydrogen) atoms. The average molecular weight is 290 g/mol. The molecule has 0 aliphatic rings. The maximum atomic E-state index is 12.5. The van der Waals surface area contributed by atoms with E-state index in [1.165, 1.54) is 18.3 Å². The third kappa shape index (κ3) is 2.80. The molecule has 0 aliphatic heterocycles. The van der Waals surface area contributed by atoms with Gasteiger partial charge in [0, 0.05) is 11.8 Å². The van der Waals surface area contributed by atoms with E-state index in [1.54, 1.807) is 16.4 Å². The summed E-state index contributed by atoms with van der Waals surface area (Å²) in [6, 6.07) is 6.03. The number of aliphatic imine (C=N–C) groups is 1. The van der Waals surface area contributed by atoms with Crippen LogP contribution in [0.25, 0.3) is 5.70 Å². The van der Waals surface area contributed by atoms with Gasteiger partial charge in [-0.2, -0.15) is 0 Å². The van der Waals surface area contributed by atoms with Gasteiger partial charge in [-0.3, -0.25) is 0 Å². The van der Waals surface area contributed by atoms with Crippen LogP contribution in [0.15, 0.2) is 35.5 Å². The van der Waals surface area contributed by atoms with Crippen LogP contribution in [-0.2, 0) is 0 Å². The molecule has 0 saturated heterocycles. The minimum absolute atomic E-state index is 0.265. The van der Waals surface area contributed by atoms with Crippen LogP contribution in [-0.4, -0.2) is 4.22 Å². The molecular weight excluding hydrogens is 282 g/mol. The second kappa shape index (κ2) is 4.96. The zero-order valence-corrected chi connectivity index (χ0v) is 8.90. The van der Waals surface area contributed by atoms with Gasteiger partial charge in [-0.25, -0.2) is 9.38 Å². The Morgan fingerprint density at radius 3 is 2.46 bits per heavy atom. The van der Waals surface area contributed by atoms with E-state index in [0.717, 1.165) is 5.56 Å². The fraction of sp³-hybridized carbons (Fsp3) is 0. The number of nitrogens with two attached hydrogens (primary N) is 1. The lowest BCUT2D eigenvalue weighted by atomic mass is 10.2. The van der Waals surface area contributed by atoms with Crippen molar-refractivity contribution >= 4 is 32.5 Å². The third-order valence-electron chi connectivity index (χ3n) is 1.49. The van der Waals surface area contributed by atoms with Crippen LogP contribution in [0.3, 0.4) is 0 Å². The fourth-order valence-corrected chi connectivity index (χ4v) is 1.19. The molecule has 0 spiro atoms. The third-order valence-corrected chi connectivity index (χ3v) is 1.76. The molecule has 4 heteroatoms. The second-order valence-electron chi connectivity index (χ2n) is 2.29. The molecule has 0 radical (unpaired) electrons. The minimum atomic E-state index is -0.265. The van der Waals surface area contributed by atoms with Crippen molar-refractivity contribution in [3.05, 3.63) is 41.8 Å². The van der Waals surface area contributed by atoms with E-state index in [1.807, 2.05) is 22.6 Å². The molecule has 0 fully saturated rings. The summed E-state index contributed by atoms with van der Waals surface area (Å²) in [5, 5.41) is 0. The highest BCUT2D eigenvalue weighted by Crippen LogP contribution is 2.14. The maximum absolute atomic E-state index is 12.5. The molecule has 0 aromatic heterocycles. The lowest BCUT2D eigenvalue weighted by molar-refractivity contribution is 0.627. The van der Waals surface area contributed by atoms with Gasteiger partial charge in [-0.15, -0.1) is 0 Å². The van der Waals surface area contributed by atoms with Crippen molar-refractivity contribution in [1.82, 2.24) is 0 Å². The van der Waals surface area contributed by atoms with Gasteiger partial charge in [-0.1, -0.05) is 0 Å². The summed E-state index contributed by atoms with van der Waals surface area (Å²) in [6.45, 7) is 0. The summed E-state index contributed by atoms with van der Waals surface area (Å²) >= 11 is 2.00. The van der Waals surface area contributed by atoms with Crippen molar-refractivity contribution in [3.8, 4) is 0 Å². The van der Waals surface area contributed by atoms with E-state index >= 15 is 0 Å². The van der Waals surface area contributed by atoms with Crippen molar-refractivity contribution in [2.75, 3.05) is 0 Å². The molecule has 1 aromatic rings. The van der Waals surface area contributed by atoms with E-state index < -0.39 is 0 Å². The number of benzene rings is 1. The Hall–Kier alpha value is -0.910. The SMILES string of the molecule is N/C=C(\N=C/I)c1ccc(F)cc1. The minimum Gasteiger partial charge on any atom is -0.403 e. The first kappa shape index (κ1) is 10.2. The first-order chi connectivity index (χ1) is 6.27. The zero-order valence-electron chi connectivity index (χ0n) is 6.74. The summed E-state index contributed by atoms with van der Waals surface area (Å²) in [6.07, 6.45) is 1.39. The highest BCUT2D eigenvalue weighted by molar-refractivity contribution is 14.1. The molecule has 0 saturated carbocycles. The monoisotopic (exact) mass is 290 g/mol. The lowest BCUT2D eigenvalue weighted by Crippen LogP contribution is -1.87. The smallest absolute Gasteiger partial charge is 0.123 e. The molecule has 0 atom stereocenters. The Morgan fingerprint density at radius 1 is 1.38 bits per heavy atom.